The van der Waals surface area contributed by atoms with E-state index in [1.165, 1.54) is 61.6 Å². The number of hydrogen-bond donors (Lipinski definition) is 2. The van der Waals surface area contributed by atoms with Crippen LogP contribution in [0.25, 0.3) is 10.4 Å². The van der Waals surface area contributed by atoms with Gasteiger partial charge in [-0.1, -0.05) is 65.9 Å². The number of nitrogens with zero attached hydrogens (tertiary/aromatic N) is 1. The lowest BCUT2D eigenvalue weighted by molar-refractivity contribution is -0.142. The molecule has 2 aromatic rings. The molecule has 3 aliphatic rings. The van der Waals surface area contributed by atoms with Crippen molar-refractivity contribution < 1.29 is 14.7 Å². The first-order valence-corrected chi connectivity index (χ1v) is 15.5. The number of rotatable bonds is 7. The molecular weight excluding hydrogens is 492 g/mol. The second kappa shape index (κ2) is 10.7. The third-order valence-corrected chi connectivity index (χ3v) is 10.4. The van der Waals surface area contributed by atoms with E-state index in [9.17, 15) is 14.7 Å². The Labute approximate surface area is 231 Å². The van der Waals surface area contributed by atoms with E-state index in [2.05, 4.69) is 51.2 Å². The zero-order valence-electron chi connectivity index (χ0n) is 23.6. The number of hydrogen-bond acceptors (Lipinski definition) is 4. The maximum absolute atomic E-state index is 13.4. The number of carbonyl (C=O) groups is 2. The fourth-order valence-corrected chi connectivity index (χ4v) is 7.21. The Bertz CT molecular complexity index is 1150. The summed E-state index contributed by atoms with van der Waals surface area (Å²) >= 11 is 1.55. The largest absolute Gasteiger partial charge is 0.481 e. The van der Waals surface area contributed by atoms with Crippen molar-refractivity contribution in [3.63, 3.8) is 0 Å². The highest BCUT2D eigenvalue weighted by Gasteiger charge is 2.40. The number of nitrogens with one attached hydrogen (secondary N) is 1. The van der Waals surface area contributed by atoms with Crippen molar-refractivity contribution in [2.24, 2.45) is 11.8 Å². The Kier molecular flexibility index (Phi) is 7.74. The third kappa shape index (κ3) is 6.16. The van der Waals surface area contributed by atoms with Gasteiger partial charge in [0.1, 0.15) is 0 Å². The number of benzene rings is 1. The van der Waals surface area contributed by atoms with Crippen molar-refractivity contribution in [2.45, 2.75) is 122 Å². The van der Waals surface area contributed by atoms with Crippen molar-refractivity contribution in [3.05, 3.63) is 40.0 Å². The number of aliphatic carboxylic acids is 1. The number of carbonyl (C=O) groups excluding carboxylic acids is 1. The molecule has 0 atom stereocenters. The van der Waals surface area contributed by atoms with Crippen LogP contribution in [-0.2, 0) is 22.0 Å². The fraction of sp³-hybridized carbons (Fsp3) is 0.656. The predicted molar refractivity (Wildman–Crippen MR) is 154 cm³/mol. The average molecular weight is 537 g/mol. The Balaban J connectivity index is 1.45. The van der Waals surface area contributed by atoms with Crippen molar-refractivity contribution in [1.82, 2.24) is 10.3 Å². The number of carboxylic acid groups (broad SMARTS) is 1. The number of aromatic nitrogens is 1. The van der Waals surface area contributed by atoms with Crippen molar-refractivity contribution in [1.29, 1.82) is 0 Å². The third-order valence-electron chi connectivity index (χ3n) is 9.27. The van der Waals surface area contributed by atoms with Gasteiger partial charge in [-0.25, -0.2) is 4.98 Å². The SMILES string of the molecule is CC(C)(C)c1cc(-c2sc(C(=O)NC3CCC(C(=O)O)CC3)nc2CC2CCCCC2)cc(C2(C)CC2)c1. The minimum Gasteiger partial charge on any atom is -0.481 e. The Morgan fingerprint density at radius 2 is 1.71 bits per heavy atom. The lowest BCUT2D eigenvalue weighted by atomic mass is 9.82. The molecule has 1 aromatic heterocycles. The molecule has 0 spiro atoms. The summed E-state index contributed by atoms with van der Waals surface area (Å²) in [5, 5.41) is 13.0. The van der Waals surface area contributed by atoms with Gasteiger partial charge in [-0.2, -0.15) is 0 Å². The minimum atomic E-state index is -0.719. The first-order chi connectivity index (χ1) is 18.0. The molecule has 206 valence electrons. The van der Waals surface area contributed by atoms with Crippen LogP contribution in [0.1, 0.15) is 125 Å². The monoisotopic (exact) mass is 536 g/mol. The van der Waals surface area contributed by atoms with Crippen LogP contribution >= 0.6 is 11.3 Å². The van der Waals surface area contributed by atoms with Gasteiger partial charge in [-0.05, 0) is 90.5 Å². The summed E-state index contributed by atoms with van der Waals surface area (Å²) < 4.78 is 0. The topological polar surface area (TPSA) is 79.3 Å². The van der Waals surface area contributed by atoms with Gasteiger partial charge in [-0.15, -0.1) is 11.3 Å². The van der Waals surface area contributed by atoms with Crippen LogP contribution in [0.4, 0.5) is 0 Å². The molecule has 1 heterocycles. The summed E-state index contributed by atoms with van der Waals surface area (Å²) in [6.07, 6.45) is 12.5. The van der Waals surface area contributed by atoms with Crippen molar-refractivity contribution in [3.8, 4) is 10.4 Å². The van der Waals surface area contributed by atoms with Crippen molar-refractivity contribution >= 4 is 23.2 Å². The summed E-state index contributed by atoms with van der Waals surface area (Å²) in [7, 11) is 0. The molecular formula is C32H44N2O3S. The zero-order valence-corrected chi connectivity index (χ0v) is 24.4. The standard InChI is InChI=1S/C32H44N2O3S/c1-31(2,3)23-17-22(18-24(19-23)32(4)14-15-32)27-26(16-20-8-6-5-7-9-20)34-29(38-27)28(35)33-25-12-10-21(11-13-25)30(36)37/h17-21,25H,5-16H2,1-4H3,(H,33,35)(H,36,37). The minimum absolute atomic E-state index is 0.0258. The molecule has 0 radical (unpaired) electrons. The van der Waals surface area contributed by atoms with E-state index in [0.29, 0.717) is 36.6 Å². The Hall–Kier alpha value is -2.21. The number of amides is 1. The summed E-state index contributed by atoms with van der Waals surface area (Å²) in [5.41, 5.74) is 5.36. The van der Waals surface area contributed by atoms with E-state index in [0.717, 1.165) is 17.0 Å². The molecule has 2 N–H and O–H groups in total. The molecule has 5 rings (SSSR count). The summed E-state index contributed by atoms with van der Waals surface area (Å²) in [4.78, 5) is 30.9. The molecule has 0 saturated heterocycles. The quantitative estimate of drug-likeness (QED) is 0.381. The highest BCUT2D eigenvalue weighted by Crippen LogP contribution is 2.50. The lowest BCUT2D eigenvalue weighted by Crippen LogP contribution is -2.38. The zero-order chi connectivity index (χ0) is 27.1. The van der Waals surface area contributed by atoms with E-state index in [4.69, 9.17) is 4.98 Å². The number of carboxylic acids is 1. The van der Waals surface area contributed by atoms with Gasteiger partial charge in [0.15, 0.2) is 5.01 Å². The van der Waals surface area contributed by atoms with Crippen LogP contribution in [0.15, 0.2) is 18.2 Å². The van der Waals surface area contributed by atoms with Gasteiger partial charge < -0.3 is 10.4 Å². The second-order valence-corrected chi connectivity index (χ2v) is 14.5. The molecule has 3 saturated carbocycles. The molecule has 1 aromatic carbocycles. The Morgan fingerprint density at radius 3 is 2.32 bits per heavy atom. The van der Waals surface area contributed by atoms with Crippen LogP contribution in [-0.4, -0.2) is 28.0 Å². The molecule has 0 bridgehead atoms. The highest BCUT2D eigenvalue weighted by molar-refractivity contribution is 7.17. The first-order valence-electron chi connectivity index (χ1n) is 14.7. The van der Waals surface area contributed by atoms with Crippen LogP contribution in [0.5, 0.6) is 0 Å². The van der Waals surface area contributed by atoms with E-state index in [1.54, 1.807) is 11.3 Å². The van der Waals surface area contributed by atoms with E-state index in [-0.39, 0.29) is 28.7 Å². The molecule has 6 heteroatoms. The maximum atomic E-state index is 13.4. The van der Waals surface area contributed by atoms with Gasteiger partial charge in [0, 0.05) is 6.04 Å². The molecule has 5 nitrogen and oxygen atoms in total. The van der Waals surface area contributed by atoms with E-state index >= 15 is 0 Å². The first kappa shape index (κ1) is 27.4. The fourth-order valence-electron chi connectivity index (χ4n) is 6.23. The van der Waals surface area contributed by atoms with Gasteiger partial charge >= 0.3 is 5.97 Å². The van der Waals surface area contributed by atoms with Crippen LogP contribution in [0.2, 0.25) is 0 Å². The van der Waals surface area contributed by atoms with Gasteiger partial charge in [-0.3, -0.25) is 9.59 Å². The second-order valence-electron chi connectivity index (χ2n) is 13.5. The van der Waals surface area contributed by atoms with Crippen molar-refractivity contribution in [2.75, 3.05) is 0 Å². The van der Waals surface area contributed by atoms with Gasteiger partial charge in [0.05, 0.1) is 16.5 Å². The van der Waals surface area contributed by atoms with E-state index in [1.807, 2.05) is 0 Å². The van der Waals surface area contributed by atoms with Crippen LogP contribution < -0.4 is 5.32 Å². The Morgan fingerprint density at radius 1 is 1.03 bits per heavy atom. The molecule has 0 unspecified atom stereocenters. The predicted octanol–water partition coefficient (Wildman–Crippen LogP) is 7.66. The molecule has 3 fully saturated rings. The highest BCUT2D eigenvalue weighted by atomic mass is 32.1. The summed E-state index contributed by atoms with van der Waals surface area (Å²) in [6.45, 7) is 9.20. The van der Waals surface area contributed by atoms with Gasteiger partial charge in [0.2, 0.25) is 0 Å². The summed E-state index contributed by atoms with van der Waals surface area (Å²) in [5.74, 6) is -0.470. The average Bonchev–Trinajstić information content (AvgIpc) is 3.50. The molecule has 1 amide bonds. The smallest absolute Gasteiger partial charge is 0.306 e. The van der Waals surface area contributed by atoms with Crippen LogP contribution in [0.3, 0.4) is 0 Å². The summed E-state index contributed by atoms with van der Waals surface area (Å²) in [6, 6.07) is 7.13. The van der Waals surface area contributed by atoms with Gasteiger partial charge in [0.25, 0.3) is 5.91 Å². The van der Waals surface area contributed by atoms with E-state index < -0.39 is 5.97 Å². The van der Waals surface area contributed by atoms with Crippen LogP contribution in [0, 0.1) is 11.8 Å². The normalized spacial score (nSPS) is 23.7. The number of thiazole rings is 1. The molecule has 0 aliphatic heterocycles. The molecule has 3 aliphatic carbocycles. The maximum Gasteiger partial charge on any atom is 0.306 e. The molecule has 38 heavy (non-hydrogen) atoms. The lowest BCUT2D eigenvalue weighted by Gasteiger charge is -2.26.